The monoisotopic (exact) mass is 284 g/mol. The van der Waals surface area contributed by atoms with E-state index < -0.39 is 18.0 Å². The molecule has 0 bridgehead atoms. The van der Waals surface area contributed by atoms with E-state index in [4.69, 9.17) is 14.2 Å². The van der Waals surface area contributed by atoms with Gasteiger partial charge in [0.1, 0.15) is 6.10 Å². The molecule has 0 amide bonds. The first-order chi connectivity index (χ1) is 9.37. The maximum Gasteiger partial charge on any atom is 0.308 e. The van der Waals surface area contributed by atoms with E-state index in [1.165, 1.54) is 0 Å². The zero-order valence-corrected chi connectivity index (χ0v) is 12.4. The SMILES string of the molecule is C[C@@H]1CC/C=C\C[C@@H]2OC(C)(C)O[C@@H]2C(O)CC(=O)O1. The van der Waals surface area contributed by atoms with Crippen LogP contribution in [-0.4, -0.2) is 41.3 Å². The Bertz CT molecular complexity index is 376. The Hall–Kier alpha value is -0.910. The highest BCUT2D eigenvalue weighted by Crippen LogP contribution is 2.33. The molecule has 2 aliphatic heterocycles. The Kier molecular flexibility index (Phi) is 4.83. The lowest BCUT2D eigenvalue weighted by molar-refractivity contribution is -0.163. The van der Waals surface area contributed by atoms with Crippen molar-refractivity contribution in [1.29, 1.82) is 0 Å². The predicted molar refractivity (Wildman–Crippen MR) is 73.0 cm³/mol. The van der Waals surface area contributed by atoms with E-state index in [9.17, 15) is 9.90 Å². The van der Waals surface area contributed by atoms with Crippen molar-refractivity contribution in [3.63, 3.8) is 0 Å². The second-order valence-corrected chi connectivity index (χ2v) is 6.00. The smallest absolute Gasteiger partial charge is 0.308 e. The van der Waals surface area contributed by atoms with Crippen LogP contribution in [-0.2, 0) is 19.0 Å². The van der Waals surface area contributed by atoms with E-state index in [0.717, 1.165) is 12.8 Å². The van der Waals surface area contributed by atoms with Gasteiger partial charge in [-0.1, -0.05) is 12.2 Å². The normalized spacial score (nSPS) is 40.1. The van der Waals surface area contributed by atoms with E-state index in [2.05, 4.69) is 6.08 Å². The first kappa shape index (κ1) is 15.5. The average molecular weight is 284 g/mol. The third-order valence-corrected chi connectivity index (χ3v) is 3.58. The third-order valence-electron chi connectivity index (χ3n) is 3.58. The predicted octanol–water partition coefficient (Wildman–Crippen LogP) is 1.93. The van der Waals surface area contributed by atoms with Gasteiger partial charge in [-0.2, -0.15) is 0 Å². The molecule has 2 heterocycles. The van der Waals surface area contributed by atoms with Gasteiger partial charge in [0.15, 0.2) is 5.79 Å². The Morgan fingerprint density at radius 3 is 2.80 bits per heavy atom. The number of carbonyl (C=O) groups is 1. The molecule has 0 aromatic carbocycles. The van der Waals surface area contributed by atoms with Crippen LogP contribution >= 0.6 is 0 Å². The number of ether oxygens (including phenoxy) is 3. The van der Waals surface area contributed by atoms with Gasteiger partial charge in [-0.15, -0.1) is 0 Å². The van der Waals surface area contributed by atoms with E-state index in [1.807, 2.05) is 26.8 Å². The molecule has 1 unspecified atom stereocenters. The summed E-state index contributed by atoms with van der Waals surface area (Å²) in [7, 11) is 0. The van der Waals surface area contributed by atoms with Gasteiger partial charge in [-0.25, -0.2) is 0 Å². The molecule has 5 heteroatoms. The zero-order chi connectivity index (χ0) is 14.8. The van der Waals surface area contributed by atoms with Crippen molar-refractivity contribution < 1.29 is 24.1 Å². The van der Waals surface area contributed by atoms with Crippen LogP contribution in [0.3, 0.4) is 0 Å². The molecule has 114 valence electrons. The fourth-order valence-corrected chi connectivity index (χ4v) is 2.67. The lowest BCUT2D eigenvalue weighted by Gasteiger charge is -2.22. The first-order valence-corrected chi connectivity index (χ1v) is 7.25. The molecule has 0 aromatic rings. The van der Waals surface area contributed by atoms with Crippen molar-refractivity contribution in [3.05, 3.63) is 12.2 Å². The molecule has 20 heavy (non-hydrogen) atoms. The van der Waals surface area contributed by atoms with Gasteiger partial charge in [-0.05, 0) is 40.0 Å². The zero-order valence-electron chi connectivity index (χ0n) is 12.4. The molecule has 1 fully saturated rings. The van der Waals surface area contributed by atoms with Crippen LogP contribution in [0.15, 0.2) is 12.2 Å². The molecule has 0 aromatic heterocycles. The highest BCUT2D eigenvalue weighted by molar-refractivity contribution is 5.70. The summed E-state index contributed by atoms with van der Waals surface area (Å²) in [5.74, 6) is -1.12. The van der Waals surface area contributed by atoms with Crippen LogP contribution in [0.4, 0.5) is 0 Å². The van der Waals surface area contributed by atoms with Crippen LogP contribution < -0.4 is 0 Å². The minimum atomic E-state index is -0.908. The van der Waals surface area contributed by atoms with Gasteiger partial charge < -0.3 is 19.3 Å². The molecule has 4 atom stereocenters. The molecule has 2 aliphatic rings. The van der Waals surface area contributed by atoms with Crippen LogP contribution in [0.1, 0.15) is 46.5 Å². The van der Waals surface area contributed by atoms with Crippen molar-refractivity contribution in [2.45, 2.75) is 76.7 Å². The van der Waals surface area contributed by atoms with Gasteiger partial charge in [0.25, 0.3) is 0 Å². The number of hydrogen-bond donors (Lipinski definition) is 1. The summed E-state index contributed by atoms with van der Waals surface area (Å²) in [6, 6.07) is 0. The molecule has 0 radical (unpaired) electrons. The quantitative estimate of drug-likeness (QED) is 0.544. The molecule has 0 aliphatic carbocycles. The summed E-state index contributed by atoms with van der Waals surface area (Å²) in [4.78, 5) is 11.8. The van der Waals surface area contributed by atoms with E-state index >= 15 is 0 Å². The minimum absolute atomic E-state index is 0.0609. The first-order valence-electron chi connectivity index (χ1n) is 7.25. The number of aliphatic hydroxyl groups excluding tert-OH is 1. The second kappa shape index (κ2) is 6.24. The summed E-state index contributed by atoms with van der Waals surface area (Å²) in [6.07, 6.45) is 4.59. The van der Waals surface area contributed by atoms with Gasteiger partial charge in [0.05, 0.1) is 24.7 Å². The van der Waals surface area contributed by atoms with Crippen LogP contribution in [0.2, 0.25) is 0 Å². The van der Waals surface area contributed by atoms with Gasteiger partial charge in [0, 0.05) is 0 Å². The lowest BCUT2D eigenvalue weighted by atomic mass is 10.0. The number of fused-ring (bicyclic) bond motifs is 1. The summed E-state index contributed by atoms with van der Waals surface area (Å²) in [6.45, 7) is 5.49. The number of carbonyl (C=O) groups excluding carboxylic acids is 1. The van der Waals surface area contributed by atoms with Gasteiger partial charge in [-0.3, -0.25) is 4.79 Å². The van der Waals surface area contributed by atoms with Crippen LogP contribution in [0.25, 0.3) is 0 Å². The molecule has 2 rings (SSSR count). The average Bonchev–Trinajstić information content (AvgIpc) is 2.62. The molecule has 1 saturated heterocycles. The van der Waals surface area contributed by atoms with Crippen LogP contribution in [0, 0.1) is 0 Å². The van der Waals surface area contributed by atoms with Gasteiger partial charge in [0.2, 0.25) is 0 Å². The molecule has 0 spiro atoms. The van der Waals surface area contributed by atoms with Crippen molar-refractivity contribution in [1.82, 2.24) is 0 Å². The number of rotatable bonds is 0. The summed E-state index contributed by atoms with van der Waals surface area (Å²) >= 11 is 0. The number of allylic oxidation sites excluding steroid dienone is 1. The molecule has 5 nitrogen and oxygen atoms in total. The minimum Gasteiger partial charge on any atom is -0.463 e. The number of hydrogen-bond acceptors (Lipinski definition) is 5. The maximum atomic E-state index is 11.8. The third kappa shape index (κ3) is 4.04. The lowest BCUT2D eigenvalue weighted by Crippen LogP contribution is -2.37. The summed E-state index contributed by atoms with van der Waals surface area (Å²) in [5, 5.41) is 10.2. The number of cyclic esters (lactones) is 1. The fraction of sp³-hybridized carbons (Fsp3) is 0.800. The number of esters is 1. The molecular formula is C15H24O5. The Balaban J connectivity index is 2.11. The summed E-state index contributed by atoms with van der Waals surface area (Å²) < 4.78 is 16.8. The second-order valence-electron chi connectivity index (χ2n) is 6.00. The summed E-state index contributed by atoms with van der Waals surface area (Å²) in [5.41, 5.74) is 0. The van der Waals surface area contributed by atoms with Crippen LogP contribution in [0.5, 0.6) is 0 Å². The van der Waals surface area contributed by atoms with E-state index in [-0.39, 0.29) is 24.6 Å². The van der Waals surface area contributed by atoms with Gasteiger partial charge >= 0.3 is 5.97 Å². The van der Waals surface area contributed by atoms with Crippen molar-refractivity contribution in [2.24, 2.45) is 0 Å². The molecular weight excluding hydrogens is 260 g/mol. The van der Waals surface area contributed by atoms with Crippen molar-refractivity contribution in [3.8, 4) is 0 Å². The largest absolute Gasteiger partial charge is 0.463 e. The fourth-order valence-electron chi connectivity index (χ4n) is 2.67. The van der Waals surface area contributed by atoms with E-state index in [1.54, 1.807) is 0 Å². The molecule has 1 N–H and O–H groups in total. The van der Waals surface area contributed by atoms with Crippen molar-refractivity contribution >= 4 is 5.97 Å². The highest BCUT2D eigenvalue weighted by Gasteiger charge is 2.44. The Labute approximate surface area is 119 Å². The Morgan fingerprint density at radius 1 is 1.30 bits per heavy atom. The van der Waals surface area contributed by atoms with Crippen molar-refractivity contribution in [2.75, 3.05) is 0 Å². The standard InChI is InChI=1S/C15H24O5/c1-10-7-5-4-6-8-12-14(20-15(2,3)19-12)11(16)9-13(17)18-10/h4,6,10-12,14,16H,5,7-9H2,1-3H3/b6-4-/t10-,11?,12+,14-/m1/s1. The maximum absolute atomic E-state index is 11.8. The van der Waals surface area contributed by atoms with E-state index in [0.29, 0.717) is 6.42 Å². The highest BCUT2D eigenvalue weighted by atomic mass is 16.8. The Morgan fingerprint density at radius 2 is 2.05 bits per heavy atom. The molecule has 0 saturated carbocycles. The number of aliphatic hydroxyl groups is 1. The topological polar surface area (TPSA) is 65.0 Å².